The van der Waals surface area contributed by atoms with Crippen molar-refractivity contribution in [1.29, 1.82) is 5.26 Å². The quantitative estimate of drug-likeness (QED) is 0.167. The van der Waals surface area contributed by atoms with Crippen LogP contribution in [0.4, 0.5) is 52.7 Å². The van der Waals surface area contributed by atoms with Crippen molar-refractivity contribution in [3.05, 3.63) is 69.8 Å². The van der Waals surface area contributed by atoms with Gasteiger partial charge in [0.1, 0.15) is 17.6 Å². The molecule has 0 aliphatic carbocycles. The molecule has 3 nitrogen and oxygen atoms in total. The molecule has 0 bridgehead atoms. The van der Waals surface area contributed by atoms with E-state index in [0.29, 0.717) is 0 Å². The van der Waals surface area contributed by atoms with Crippen molar-refractivity contribution in [2.24, 2.45) is 11.3 Å². The third-order valence-electron chi connectivity index (χ3n) is 6.00. The van der Waals surface area contributed by atoms with Crippen LogP contribution in [0.5, 0.6) is 0 Å². The van der Waals surface area contributed by atoms with E-state index in [4.69, 9.17) is 0 Å². The molecule has 2 aromatic rings. The summed E-state index contributed by atoms with van der Waals surface area (Å²) in [6.07, 6.45) is -27.0. The molecule has 2 N–H and O–H groups in total. The van der Waals surface area contributed by atoms with E-state index >= 15 is 0 Å². The van der Waals surface area contributed by atoms with Crippen LogP contribution in [0.1, 0.15) is 45.6 Å². The lowest BCUT2D eigenvalue weighted by atomic mass is 9.65. The normalized spacial score (nSPS) is 16.4. The van der Waals surface area contributed by atoms with Gasteiger partial charge in [0, 0.05) is 14.8 Å². The highest BCUT2D eigenvalue weighted by atomic mass is 127. The molecule has 0 aliphatic heterocycles. The minimum atomic E-state index is -5.39. The average Bonchev–Trinajstić information content (AvgIpc) is 2.83. The van der Waals surface area contributed by atoms with E-state index < -0.39 is 81.6 Å². The van der Waals surface area contributed by atoms with Gasteiger partial charge in [0.2, 0.25) is 0 Å². The Balaban J connectivity index is 2.95. The van der Waals surface area contributed by atoms with Crippen molar-refractivity contribution in [1.82, 2.24) is 0 Å². The molecule has 2 atom stereocenters. The van der Waals surface area contributed by atoms with Crippen LogP contribution in [0.2, 0.25) is 0 Å². The molecule has 0 spiro atoms. The number of aliphatic hydroxyl groups excluding tert-OH is 2. The Hall–Kier alpha value is -1.53. The lowest BCUT2D eigenvalue weighted by Gasteiger charge is -2.41. The van der Waals surface area contributed by atoms with Gasteiger partial charge in [-0.1, -0.05) is 45.2 Å². The molecule has 2 unspecified atom stereocenters. The fourth-order valence-electron chi connectivity index (χ4n) is 3.93. The summed E-state index contributed by atoms with van der Waals surface area (Å²) in [7, 11) is 0. The molecule has 40 heavy (non-hydrogen) atoms. The van der Waals surface area contributed by atoms with Crippen molar-refractivity contribution >= 4 is 45.2 Å². The Morgan fingerprint density at radius 2 is 0.825 bits per heavy atom. The highest BCUT2D eigenvalue weighted by Gasteiger charge is 2.53. The fraction of sp³-hybridized carbons (Fsp3) is 0.435. The monoisotopic (exact) mass is 819 g/mol. The minimum absolute atomic E-state index is 0.0590. The van der Waals surface area contributed by atoms with Gasteiger partial charge in [0.05, 0.1) is 28.3 Å². The zero-order valence-corrected chi connectivity index (χ0v) is 23.6. The van der Waals surface area contributed by atoms with Crippen molar-refractivity contribution in [3.8, 4) is 6.07 Å². The van der Waals surface area contributed by atoms with E-state index in [2.05, 4.69) is 0 Å². The number of nitrogens with zero attached hydrogens (tertiary/aromatic N) is 1. The van der Waals surface area contributed by atoms with Crippen LogP contribution in [-0.2, 0) is 24.7 Å². The molecule has 2 aromatic carbocycles. The highest BCUT2D eigenvalue weighted by Crippen LogP contribution is 2.53. The average molecular weight is 819 g/mol. The lowest BCUT2D eigenvalue weighted by molar-refractivity contribution is -0.144. The zero-order valence-electron chi connectivity index (χ0n) is 19.2. The van der Waals surface area contributed by atoms with Gasteiger partial charge >= 0.3 is 24.7 Å². The number of hydrogen-bond donors (Lipinski definition) is 2. The second kappa shape index (κ2) is 12.0. The van der Waals surface area contributed by atoms with Crippen LogP contribution in [0, 0.1) is 22.7 Å². The fourth-order valence-corrected chi connectivity index (χ4v) is 7.20. The summed E-state index contributed by atoms with van der Waals surface area (Å²) < 4.78 is 161. The smallest absolute Gasteiger partial charge is 0.387 e. The van der Waals surface area contributed by atoms with E-state index in [1.807, 2.05) is 0 Å². The molecule has 0 amide bonds. The first-order valence-electron chi connectivity index (χ1n) is 10.5. The molecule has 0 aliphatic rings. The molecule has 0 saturated carbocycles. The Bertz CT molecular complexity index is 1100. The van der Waals surface area contributed by atoms with Crippen LogP contribution in [0.15, 0.2) is 36.4 Å². The highest BCUT2D eigenvalue weighted by molar-refractivity contribution is 14.1. The summed E-state index contributed by atoms with van der Waals surface area (Å²) in [4.78, 5) is 0. The van der Waals surface area contributed by atoms with E-state index in [9.17, 15) is 68.2 Å². The first kappa shape index (κ1) is 34.7. The molecule has 0 saturated heterocycles. The largest absolute Gasteiger partial charge is 0.416 e. The molecule has 17 heteroatoms. The van der Waals surface area contributed by atoms with Gasteiger partial charge in [-0.15, -0.1) is 0 Å². The third-order valence-corrected chi connectivity index (χ3v) is 8.12. The van der Waals surface area contributed by atoms with Gasteiger partial charge in [-0.3, -0.25) is 0 Å². The van der Waals surface area contributed by atoms with Crippen molar-refractivity contribution in [2.45, 2.75) is 36.9 Å². The van der Waals surface area contributed by atoms with Crippen molar-refractivity contribution in [2.75, 3.05) is 8.86 Å². The summed E-state index contributed by atoms with van der Waals surface area (Å²) in [5.41, 5.74) is -12.9. The maximum absolute atomic E-state index is 13.4. The second-order valence-corrected chi connectivity index (χ2v) is 10.3. The van der Waals surface area contributed by atoms with Crippen LogP contribution in [-0.4, -0.2) is 19.1 Å². The molecular formula is C23H15F12I2NO2. The van der Waals surface area contributed by atoms with Gasteiger partial charge in [0.25, 0.3) is 0 Å². The van der Waals surface area contributed by atoms with E-state index in [0.717, 1.165) is 0 Å². The summed E-state index contributed by atoms with van der Waals surface area (Å²) >= 11 is 3.17. The van der Waals surface area contributed by atoms with Gasteiger partial charge in [-0.25, -0.2) is 0 Å². The van der Waals surface area contributed by atoms with Crippen LogP contribution < -0.4 is 0 Å². The van der Waals surface area contributed by atoms with Crippen LogP contribution in [0.25, 0.3) is 0 Å². The maximum Gasteiger partial charge on any atom is 0.416 e. The standard InChI is InChI=1S/C23H15F12I2NO2/c24-20(25,26)12-1-10(2-13(5-12)21(27,28)29)17(39)19(9-38,16(7-36)8-37)18(40)11-3-14(22(30,31)32)6-15(4-11)23(33,34)35/h1-6,16-18,39-40H,7-8H2. The second-order valence-electron chi connectivity index (χ2n) is 8.53. The van der Waals surface area contributed by atoms with Crippen LogP contribution in [0.3, 0.4) is 0 Å². The number of hydrogen-bond acceptors (Lipinski definition) is 3. The lowest BCUT2D eigenvalue weighted by Crippen LogP contribution is -2.43. The molecule has 2 rings (SSSR count). The van der Waals surface area contributed by atoms with E-state index in [1.54, 1.807) is 45.2 Å². The molecule has 0 radical (unpaired) electrons. The first-order chi connectivity index (χ1) is 18.0. The van der Waals surface area contributed by atoms with Gasteiger partial charge in [-0.05, 0) is 47.5 Å². The first-order valence-corrected chi connectivity index (χ1v) is 13.6. The van der Waals surface area contributed by atoms with E-state index in [1.165, 1.54) is 6.07 Å². The number of aliphatic hydroxyl groups is 2. The number of nitriles is 1. The number of alkyl halides is 14. The Kier molecular flexibility index (Phi) is 10.4. The Labute approximate surface area is 245 Å². The molecule has 0 heterocycles. The summed E-state index contributed by atoms with van der Waals surface area (Å²) in [5.74, 6) is -1.36. The van der Waals surface area contributed by atoms with Gasteiger partial charge < -0.3 is 10.2 Å². The third kappa shape index (κ3) is 7.27. The zero-order chi connectivity index (χ0) is 31.1. The number of benzene rings is 2. The minimum Gasteiger partial charge on any atom is -0.387 e. The van der Waals surface area contributed by atoms with Crippen molar-refractivity contribution in [3.63, 3.8) is 0 Å². The molecule has 0 aromatic heterocycles. The molecule has 0 fully saturated rings. The maximum atomic E-state index is 13.4. The Morgan fingerprint density at radius 1 is 0.575 bits per heavy atom. The summed E-state index contributed by atoms with van der Waals surface area (Å²) in [6, 6.07) is 1.09. The predicted octanol–water partition coefficient (Wildman–Crippen LogP) is 8.52. The SMILES string of the molecule is N#CC(C(CI)CI)(C(O)c1cc(C(F)(F)F)cc(C(F)(F)F)c1)C(O)c1cc(C(F)(F)F)cc(C(F)(F)F)c1. The Morgan fingerprint density at radius 3 is 1.00 bits per heavy atom. The molecule has 222 valence electrons. The topological polar surface area (TPSA) is 64.2 Å². The van der Waals surface area contributed by atoms with Crippen molar-refractivity contribution < 1.29 is 62.9 Å². The predicted molar refractivity (Wildman–Crippen MR) is 132 cm³/mol. The van der Waals surface area contributed by atoms with Gasteiger partial charge in [-0.2, -0.15) is 57.9 Å². The van der Waals surface area contributed by atoms with Gasteiger partial charge in [0.15, 0.2) is 0 Å². The number of rotatable bonds is 7. The number of halogens is 14. The summed E-state index contributed by atoms with van der Waals surface area (Å²) in [5, 5.41) is 32.5. The summed E-state index contributed by atoms with van der Waals surface area (Å²) in [6.45, 7) is 0. The molecular weight excluding hydrogens is 804 g/mol. The van der Waals surface area contributed by atoms with E-state index in [-0.39, 0.29) is 45.3 Å². The van der Waals surface area contributed by atoms with Crippen LogP contribution >= 0.6 is 45.2 Å².